The lowest BCUT2D eigenvalue weighted by atomic mass is 10.1. The standard InChI is InChI=1S/C17H24N4O2/c1-4-20(5-2)9-10-21-11-12(17(23)19-3)16(22)15-13(18)7-6-8-14(15)21/h6-8,11H,4-5,9-10,18H2,1-3H3,(H,19,23). The van der Waals surface area contributed by atoms with E-state index in [0.717, 1.165) is 25.2 Å². The van der Waals surface area contributed by atoms with Gasteiger partial charge in [0.25, 0.3) is 5.91 Å². The normalized spacial score (nSPS) is 11.1. The molecule has 0 radical (unpaired) electrons. The van der Waals surface area contributed by atoms with Gasteiger partial charge < -0.3 is 20.5 Å². The van der Waals surface area contributed by atoms with Crippen molar-refractivity contribution in [3.8, 4) is 0 Å². The third kappa shape index (κ3) is 3.37. The van der Waals surface area contributed by atoms with E-state index in [1.807, 2.05) is 16.7 Å². The molecule has 2 aromatic rings. The molecule has 0 spiro atoms. The smallest absolute Gasteiger partial charge is 0.256 e. The van der Waals surface area contributed by atoms with E-state index in [1.165, 1.54) is 7.05 Å². The van der Waals surface area contributed by atoms with Crippen LogP contribution in [-0.4, -0.2) is 42.1 Å². The number of amides is 1. The Kier molecular flexibility index (Phi) is 5.39. The highest BCUT2D eigenvalue weighted by molar-refractivity contribution is 5.99. The maximum absolute atomic E-state index is 12.6. The summed E-state index contributed by atoms with van der Waals surface area (Å²) in [6, 6.07) is 5.37. The summed E-state index contributed by atoms with van der Waals surface area (Å²) in [5.74, 6) is -0.392. The molecule has 1 aromatic carbocycles. The van der Waals surface area contributed by atoms with Crippen LogP contribution in [0.15, 0.2) is 29.2 Å². The number of nitrogens with zero attached hydrogens (tertiary/aromatic N) is 2. The predicted molar refractivity (Wildman–Crippen MR) is 93.8 cm³/mol. The van der Waals surface area contributed by atoms with Crippen LogP contribution >= 0.6 is 0 Å². The lowest BCUT2D eigenvalue weighted by Gasteiger charge is -2.20. The van der Waals surface area contributed by atoms with Crippen molar-refractivity contribution in [1.29, 1.82) is 0 Å². The Bertz CT molecular complexity index is 763. The number of nitrogens with one attached hydrogen (secondary N) is 1. The van der Waals surface area contributed by atoms with E-state index in [2.05, 4.69) is 24.1 Å². The fourth-order valence-corrected chi connectivity index (χ4v) is 2.73. The Labute approximate surface area is 135 Å². The van der Waals surface area contributed by atoms with Gasteiger partial charge in [0.15, 0.2) is 0 Å². The molecule has 0 fully saturated rings. The van der Waals surface area contributed by atoms with Gasteiger partial charge in [-0.15, -0.1) is 0 Å². The Morgan fingerprint density at radius 3 is 2.61 bits per heavy atom. The largest absolute Gasteiger partial charge is 0.398 e. The highest BCUT2D eigenvalue weighted by Crippen LogP contribution is 2.18. The van der Waals surface area contributed by atoms with E-state index in [4.69, 9.17) is 5.73 Å². The van der Waals surface area contributed by atoms with Crippen molar-refractivity contribution >= 4 is 22.5 Å². The number of aromatic nitrogens is 1. The second-order valence-electron chi connectivity index (χ2n) is 5.41. The van der Waals surface area contributed by atoms with Gasteiger partial charge in [-0.25, -0.2) is 0 Å². The van der Waals surface area contributed by atoms with Gasteiger partial charge in [0.2, 0.25) is 5.43 Å². The fraction of sp³-hybridized carbons (Fsp3) is 0.412. The van der Waals surface area contributed by atoms with Crippen LogP contribution in [-0.2, 0) is 6.54 Å². The van der Waals surface area contributed by atoms with Crippen LogP contribution < -0.4 is 16.5 Å². The molecule has 1 aromatic heterocycles. The van der Waals surface area contributed by atoms with Gasteiger partial charge in [-0.05, 0) is 25.2 Å². The highest BCUT2D eigenvalue weighted by atomic mass is 16.2. The molecule has 0 aliphatic carbocycles. The van der Waals surface area contributed by atoms with Gasteiger partial charge in [0.1, 0.15) is 5.56 Å². The first-order chi connectivity index (χ1) is 11.0. The van der Waals surface area contributed by atoms with Crippen molar-refractivity contribution in [2.45, 2.75) is 20.4 Å². The molecule has 6 nitrogen and oxygen atoms in total. The number of hydrogen-bond donors (Lipinski definition) is 2. The van der Waals surface area contributed by atoms with Crippen molar-refractivity contribution in [2.24, 2.45) is 0 Å². The zero-order chi connectivity index (χ0) is 17.0. The Morgan fingerprint density at radius 1 is 1.30 bits per heavy atom. The fourth-order valence-electron chi connectivity index (χ4n) is 2.73. The van der Waals surface area contributed by atoms with Crippen LogP contribution in [0.25, 0.3) is 10.9 Å². The minimum Gasteiger partial charge on any atom is -0.398 e. The third-order valence-electron chi connectivity index (χ3n) is 4.16. The zero-order valence-electron chi connectivity index (χ0n) is 13.9. The molecular formula is C17H24N4O2. The van der Waals surface area contributed by atoms with E-state index in [9.17, 15) is 9.59 Å². The molecule has 0 aliphatic rings. The van der Waals surface area contributed by atoms with E-state index >= 15 is 0 Å². The SMILES string of the molecule is CCN(CC)CCn1cc(C(=O)NC)c(=O)c2c(N)cccc21. The molecule has 3 N–H and O–H groups in total. The second kappa shape index (κ2) is 7.28. The second-order valence-corrected chi connectivity index (χ2v) is 5.41. The number of carbonyl (C=O) groups excluding carboxylic acids is 1. The van der Waals surface area contributed by atoms with Gasteiger partial charge in [-0.1, -0.05) is 19.9 Å². The Hall–Kier alpha value is -2.34. The number of rotatable bonds is 6. The molecule has 0 atom stereocenters. The van der Waals surface area contributed by atoms with Crippen LogP contribution in [0.3, 0.4) is 0 Å². The minimum absolute atomic E-state index is 0.123. The number of nitrogens with two attached hydrogens (primary N) is 1. The minimum atomic E-state index is -0.392. The van der Waals surface area contributed by atoms with Gasteiger partial charge >= 0.3 is 0 Å². The lowest BCUT2D eigenvalue weighted by molar-refractivity contribution is 0.0961. The quantitative estimate of drug-likeness (QED) is 0.787. The third-order valence-corrected chi connectivity index (χ3v) is 4.16. The predicted octanol–water partition coefficient (Wildman–Crippen LogP) is 1.29. The first-order valence-electron chi connectivity index (χ1n) is 7.89. The summed E-state index contributed by atoms with van der Waals surface area (Å²) in [5.41, 5.74) is 6.95. The van der Waals surface area contributed by atoms with E-state index < -0.39 is 5.91 Å². The average molecular weight is 316 g/mol. The average Bonchev–Trinajstić information content (AvgIpc) is 2.56. The summed E-state index contributed by atoms with van der Waals surface area (Å²) in [5, 5.41) is 2.93. The first-order valence-corrected chi connectivity index (χ1v) is 7.89. The van der Waals surface area contributed by atoms with Crippen LogP contribution in [0.2, 0.25) is 0 Å². The monoisotopic (exact) mass is 316 g/mol. The first kappa shape index (κ1) is 17.0. The maximum atomic E-state index is 12.6. The van der Waals surface area contributed by atoms with Gasteiger partial charge in [-0.3, -0.25) is 9.59 Å². The van der Waals surface area contributed by atoms with E-state index in [-0.39, 0.29) is 11.0 Å². The Morgan fingerprint density at radius 2 is 2.00 bits per heavy atom. The zero-order valence-corrected chi connectivity index (χ0v) is 13.9. The van der Waals surface area contributed by atoms with Gasteiger partial charge in [-0.2, -0.15) is 0 Å². The molecule has 0 saturated heterocycles. The lowest BCUT2D eigenvalue weighted by Crippen LogP contribution is -2.30. The van der Waals surface area contributed by atoms with Crippen molar-refractivity contribution in [3.05, 3.63) is 40.2 Å². The number of benzene rings is 1. The van der Waals surface area contributed by atoms with Crippen molar-refractivity contribution in [2.75, 3.05) is 32.4 Å². The number of carbonyl (C=O) groups is 1. The number of likely N-dealkylation sites (N-methyl/N-ethyl adjacent to an activating group) is 1. The van der Waals surface area contributed by atoms with Crippen molar-refractivity contribution < 1.29 is 4.79 Å². The van der Waals surface area contributed by atoms with E-state index in [1.54, 1.807) is 12.3 Å². The number of pyridine rings is 1. The number of hydrogen-bond acceptors (Lipinski definition) is 4. The molecule has 0 aliphatic heterocycles. The van der Waals surface area contributed by atoms with Gasteiger partial charge in [0.05, 0.1) is 10.9 Å². The summed E-state index contributed by atoms with van der Waals surface area (Å²) in [6.45, 7) is 7.67. The van der Waals surface area contributed by atoms with Crippen LogP contribution in [0.5, 0.6) is 0 Å². The molecule has 1 heterocycles. The highest BCUT2D eigenvalue weighted by Gasteiger charge is 2.16. The summed E-state index contributed by atoms with van der Waals surface area (Å²) in [7, 11) is 1.51. The van der Waals surface area contributed by atoms with Gasteiger partial charge in [0, 0.05) is 32.0 Å². The summed E-state index contributed by atoms with van der Waals surface area (Å²) < 4.78 is 1.94. The maximum Gasteiger partial charge on any atom is 0.256 e. The number of fused-ring (bicyclic) bond motifs is 1. The molecule has 0 bridgehead atoms. The number of nitrogen functional groups attached to an aromatic ring is 1. The van der Waals surface area contributed by atoms with Crippen LogP contribution in [0.1, 0.15) is 24.2 Å². The Balaban J connectivity index is 2.58. The number of anilines is 1. The van der Waals surface area contributed by atoms with E-state index in [0.29, 0.717) is 17.6 Å². The molecule has 2 rings (SSSR count). The van der Waals surface area contributed by atoms with Crippen LogP contribution in [0, 0.1) is 0 Å². The molecule has 6 heteroatoms. The summed E-state index contributed by atoms with van der Waals surface area (Å²) in [6.07, 6.45) is 1.63. The molecular weight excluding hydrogens is 292 g/mol. The topological polar surface area (TPSA) is 80.4 Å². The molecule has 124 valence electrons. The summed E-state index contributed by atoms with van der Waals surface area (Å²) >= 11 is 0. The van der Waals surface area contributed by atoms with Crippen LogP contribution in [0.4, 0.5) is 5.69 Å². The molecule has 0 saturated carbocycles. The summed E-state index contributed by atoms with van der Waals surface area (Å²) in [4.78, 5) is 26.9. The molecule has 1 amide bonds. The van der Waals surface area contributed by atoms with Crippen molar-refractivity contribution in [3.63, 3.8) is 0 Å². The van der Waals surface area contributed by atoms with Crippen molar-refractivity contribution in [1.82, 2.24) is 14.8 Å². The molecule has 0 unspecified atom stereocenters. The molecule has 23 heavy (non-hydrogen) atoms.